The number of aromatic amines is 1. The number of hydrogen-bond donors (Lipinski definition) is 3. The summed E-state index contributed by atoms with van der Waals surface area (Å²) < 4.78 is 13.7. The topological polar surface area (TPSA) is 82.2 Å². The highest BCUT2D eigenvalue weighted by Crippen LogP contribution is 2.28. The molecule has 0 aliphatic carbocycles. The van der Waals surface area contributed by atoms with Crippen molar-refractivity contribution < 1.29 is 19.1 Å². The molecule has 2 aromatic rings. The van der Waals surface area contributed by atoms with E-state index in [1.54, 1.807) is 23.9 Å². The molecule has 1 fully saturated rings. The van der Waals surface area contributed by atoms with E-state index in [9.17, 15) is 19.1 Å². The molecule has 1 saturated heterocycles. The van der Waals surface area contributed by atoms with Crippen molar-refractivity contribution >= 4 is 34.5 Å². The normalized spacial score (nSPS) is 17.3. The van der Waals surface area contributed by atoms with Crippen LogP contribution in [0, 0.1) is 5.82 Å². The summed E-state index contributed by atoms with van der Waals surface area (Å²) in [6, 6.07) is 5.94. The molecule has 22 heavy (non-hydrogen) atoms. The van der Waals surface area contributed by atoms with Crippen LogP contribution in [0.25, 0.3) is 10.9 Å². The molecule has 1 aromatic carbocycles. The van der Waals surface area contributed by atoms with Crippen LogP contribution in [0.15, 0.2) is 24.3 Å². The predicted octanol–water partition coefficient (Wildman–Crippen LogP) is 2.39. The fourth-order valence-corrected chi connectivity index (χ4v) is 3.83. The zero-order valence-corrected chi connectivity index (χ0v) is 12.5. The second-order valence-electron chi connectivity index (χ2n) is 5.34. The molecule has 2 heterocycles. The van der Waals surface area contributed by atoms with Gasteiger partial charge in [-0.3, -0.25) is 4.79 Å². The van der Waals surface area contributed by atoms with Crippen molar-refractivity contribution in [2.75, 3.05) is 11.5 Å². The van der Waals surface area contributed by atoms with E-state index in [2.05, 4.69) is 10.3 Å². The van der Waals surface area contributed by atoms with Gasteiger partial charge in [0.05, 0.1) is 0 Å². The lowest BCUT2D eigenvalue weighted by Crippen LogP contribution is -2.56. The number of H-pyrrole nitrogens is 1. The number of aromatic nitrogens is 1. The molecule has 1 aliphatic rings. The highest BCUT2D eigenvalue weighted by Gasteiger charge is 2.41. The van der Waals surface area contributed by atoms with Gasteiger partial charge in [0, 0.05) is 10.9 Å². The van der Waals surface area contributed by atoms with Crippen LogP contribution in [0.5, 0.6) is 0 Å². The lowest BCUT2D eigenvalue weighted by atomic mass is 9.92. The maximum absolute atomic E-state index is 13.7. The van der Waals surface area contributed by atoms with Crippen molar-refractivity contribution in [3.05, 3.63) is 35.8 Å². The largest absolute Gasteiger partial charge is 0.480 e. The van der Waals surface area contributed by atoms with Crippen molar-refractivity contribution in [2.24, 2.45) is 0 Å². The Morgan fingerprint density at radius 3 is 2.68 bits per heavy atom. The number of benzene rings is 1. The van der Waals surface area contributed by atoms with E-state index < -0.39 is 23.2 Å². The summed E-state index contributed by atoms with van der Waals surface area (Å²) in [4.78, 5) is 26.8. The number of halogens is 1. The molecule has 3 N–H and O–H groups in total. The van der Waals surface area contributed by atoms with Crippen LogP contribution >= 0.6 is 11.8 Å². The molecule has 0 unspecified atom stereocenters. The standard InChI is InChI=1S/C15H15FN2O3S/c16-10-2-1-3-11-9(10)8-12(17-11)13(19)18-15(14(20)21)4-6-22-7-5-15/h1-3,8,17H,4-7H2,(H,18,19)(H,20,21). The third-order valence-corrected chi connectivity index (χ3v) is 4.95. The van der Waals surface area contributed by atoms with Gasteiger partial charge in [-0.15, -0.1) is 0 Å². The highest BCUT2D eigenvalue weighted by molar-refractivity contribution is 7.99. The zero-order chi connectivity index (χ0) is 15.7. The number of carboxylic acids is 1. The first-order chi connectivity index (χ1) is 10.5. The average molecular weight is 322 g/mol. The first-order valence-electron chi connectivity index (χ1n) is 6.93. The van der Waals surface area contributed by atoms with Gasteiger partial charge in [0.25, 0.3) is 5.91 Å². The van der Waals surface area contributed by atoms with Gasteiger partial charge in [-0.1, -0.05) is 6.07 Å². The van der Waals surface area contributed by atoms with Crippen LogP contribution in [0.1, 0.15) is 23.3 Å². The minimum atomic E-state index is -1.24. The van der Waals surface area contributed by atoms with Crippen LogP contribution in [0.3, 0.4) is 0 Å². The average Bonchev–Trinajstić information content (AvgIpc) is 2.94. The number of carbonyl (C=O) groups excluding carboxylic acids is 1. The number of carboxylic acid groups (broad SMARTS) is 1. The van der Waals surface area contributed by atoms with E-state index in [0.29, 0.717) is 35.3 Å². The number of carbonyl (C=O) groups is 2. The van der Waals surface area contributed by atoms with Gasteiger partial charge in [0.1, 0.15) is 17.1 Å². The summed E-state index contributed by atoms with van der Waals surface area (Å²) in [5.41, 5.74) is -0.564. The SMILES string of the molecule is O=C(NC1(C(=O)O)CCSCC1)c1cc2c(F)cccc2[nH]1. The van der Waals surface area contributed by atoms with Gasteiger partial charge in [-0.25, -0.2) is 9.18 Å². The quantitative estimate of drug-likeness (QED) is 0.810. The molecule has 0 saturated carbocycles. The van der Waals surface area contributed by atoms with Crippen LogP contribution in [-0.4, -0.2) is 39.0 Å². The molecule has 5 nitrogen and oxygen atoms in total. The number of amides is 1. The maximum atomic E-state index is 13.7. The Hall–Kier alpha value is -2.02. The first-order valence-corrected chi connectivity index (χ1v) is 8.08. The molecule has 0 spiro atoms. The van der Waals surface area contributed by atoms with Gasteiger partial charge in [0.2, 0.25) is 0 Å². The Morgan fingerprint density at radius 2 is 2.05 bits per heavy atom. The third-order valence-electron chi connectivity index (χ3n) is 3.96. The molecule has 1 aliphatic heterocycles. The van der Waals surface area contributed by atoms with Crippen LogP contribution in [0.2, 0.25) is 0 Å². The monoisotopic (exact) mass is 322 g/mol. The number of nitrogens with one attached hydrogen (secondary N) is 2. The second kappa shape index (κ2) is 5.64. The van der Waals surface area contributed by atoms with Crippen LogP contribution < -0.4 is 5.32 Å². The van der Waals surface area contributed by atoms with Crippen molar-refractivity contribution in [3.8, 4) is 0 Å². The second-order valence-corrected chi connectivity index (χ2v) is 6.56. The van der Waals surface area contributed by atoms with Crippen LogP contribution in [-0.2, 0) is 4.79 Å². The number of aliphatic carboxylic acids is 1. The fourth-order valence-electron chi connectivity index (χ4n) is 2.64. The minimum absolute atomic E-state index is 0.166. The molecule has 1 aromatic heterocycles. The van der Waals surface area contributed by atoms with Crippen molar-refractivity contribution in [3.63, 3.8) is 0 Å². The van der Waals surface area contributed by atoms with Crippen LogP contribution in [0.4, 0.5) is 4.39 Å². The Labute approximate surface area is 130 Å². The van der Waals surface area contributed by atoms with E-state index in [1.807, 2.05) is 0 Å². The Balaban J connectivity index is 1.88. The molecule has 116 valence electrons. The summed E-state index contributed by atoms with van der Waals surface area (Å²) in [6.45, 7) is 0. The summed E-state index contributed by atoms with van der Waals surface area (Å²) in [5, 5.41) is 12.4. The van der Waals surface area contributed by atoms with Gasteiger partial charge in [-0.05, 0) is 42.5 Å². The van der Waals surface area contributed by atoms with Gasteiger partial charge < -0.3 is 15.4 Å². The smallest absolute Gasteiger partial charge is 0.329 e. The third kappa shape index (κ3) is 2.56. The Morgan fingerprint density at radius 1 is 1.32 bits per heavy atom. The number of rotatable bonds is 3. The minimum Gasteiger partial charge on any atom is -0.480 e. The number of thioether (sulfide) groups is 1. The lowest BCUT2D eigenvalue weighted by molar-refractivity contribution is -0.144. The van der Waals surface area contributed by atoms with Crippen molar-refractivity contribution in [2.45, 2.75) is 18.4 Å². The summed E-state index contributed by atoms with van der Waals surface area (Å²) >= 11 is 1.67. The zero-order valence-electron chi connectivity index (χ0n) is 11.7. The maximum Gasteiger partial charge on any atom is 0.329 e. The van der Waals surface area contributed by atoms with E-state index in [0.717, 1.165) is 0 Å². The van der Waals surface area contributed by atoms with Gasteiger partial charge in [0.15, 0.2) is 0 Å². The molecular weight excluding hydrogens is 307 g/mol. The molecule has 0 atom stereocenters. The molecule has 0 bridgehead atoms. The lowest BCUT2D eigenvalue weighted by Gasteiger charge is -2.33. The van der Waals surface area contributed by atoms with Gasteiger partial charge >= 0.3 is 5.97 Å². The summed E-state index contributed by atoms with van der Waals surface area (Å²) in [7, 11) is 0. The Bertz CT molecular complexity index is 737. The molecule has 3 rings (SSSR count). The molecule has 0 radical (unpaired) electrons. The predicted molar refractivity (Wildman–Crippen MR) is 82.6 cm³/mol. The fraction of sp³-hybridized carbons (Fsp3) is 0.333. The summed E-state index contributed by atoms with van der Waals surface area (Å²) in [5.74, 6) is -0.592. The highest BCUT2D eigenvalue weighted by atomic mass is 32.2. The first kappa shape index (κ1) is 14.9. The van der Waals surface area contributed by atoms with Gasteiger partial charge in [-0.2, -0.15) is 11.8 Å². The number of hydrogen-bond acceptors (Lipinski definition) is 3. The van der Waals surface area contributed by atoms with E-state index in [1.165, 1.54) is 12.1 Å². The van der Waals surface area contributed by atoms with E-state index in [-0.39, 0.29) is 5.69 Å². The molecule has 1 amide bonds. The van der Waals surface area contributed by atoms with E-state index in [4.69, 9.17) is 0 Å². The van der Waals surface area contributed by atoms with Crippen molar-refractivity contribution in [1.29, 1.82) is 0 Å². The Kier molecular flexibility index (Phi) is 3.82. The van der Waals surface area contributed by atoms with E-state index >= 15 is 0 Å². The number of fused-ring (bicyclic) bond motifs is 1. The molecular formula is C15H15FN2O3S. The summed E-state index contributed by atoms with van der Waals surface area (Å²) in [6.07, 6.45) is 0.765. The molecule has 7 heteroatoms. The van der Waals surface area contributed by atoms with Crippen molar-refractivity contribution in [1.82, 2.24) is 10.3 Å².